The standard InChI is InChI=1S/C13H17Cl2NO/c1-8-4-2-3-5-12(8)16-9-6-10(14)13(17)11(15)7-9/h6-8,12,16-17H,2-5H2,1H3. The fourth-order valence-electron chi connectivity index (χ4n) is 2.39. The first-order valence-electron chi connectivity index (χ1n) is 6.02. The Bertz CT molecular complexity index is 385. The lowest BCUT2D eigenvalue weighted by Gasteiger charge is -2.30. The number of hydrogen-bond donors (Lipinski definition) is 2. The van der Waals surface area contributed by atoms with E-state index < -0.39 is 0 Å². The molecule has 1 aromatic carbocycles. The van der Waals surface area contributed by atoms with E-state index in [2.05, 4.69) is 12.2 Å². The summed E-state index contributed by atoms with van der Waals surface area (Å²) < 4.78 is 0. The highest BCUT2D eigenvalue weighted by molar-refractivity contribution is 6.37. The van der Waals surface area contributed by atoms with Crippen LogP contribution in [0, 0.1) is 5.92 Å². The van der Waals surface area contributed by atoms with E-state index in [1.165, 1.54) is 25.7 Å². The Hall–Kier alpha value is -0.600. The van der Waals surface area contributed by atoms with Gasteiger partial charge in [0.15, 0.2) is 5.75 Å². The second kappa shape index (κ2) is 5.36. The summed E-state index contributed by atoms with van der Waals surface area (Å²) in [6, 6.07) is 3.93. The van der Waals surface area contributed by atoms with Crippen molar-refractivity contribution in [1.29, 1.82) is 0 Å². The highest BCUT2D eigenvalue weighted by atomic mass is 35.5. The van der Waals surface area contributed by atoms with E-state index in [4.69, 9.17) is 23.2 Å². The number of aromatic hydroxyl groups is 1. The molecule has 1 fully saturated rings. The molecule has 2 unspecified atom stereocenters. The lowest BCUT2D eigenvalue weighted by atomic mass is 9.86. The van der Waals surface area contributed by atoms with Crippen molar-refractivity contribution < 1.29 is 5.11 Å². The summed E-state index contributed by atoms with van der Waals surface area (Å²) in [7, 11) is 0. The van der Waals surface area contributed by atoms with Gasteiger partial charge in [-0.2, -0.15) is 0 Å². The van der Waals surface area contributed by atoms with Crippen LogP contribution in [0.4, 0.5) is 5.69 Å². The predicted molar refractivity (Wildman–Crippen MR) is 73.2 cm³/mol. The van der Waals surface area contributed by atoms with Crippen molar-refractivity contribution >= 4 is 28.9 Å². The van der Waals surface area contributed by atoms with E-state index in [0.717, 1.165) is 5.69 Å². The Morgan fingerprint density at radius 1 is 1.18 bits per heavy atom. The maximum atomic E-state index is 9.50. The smallest absolute Gasteiger partial charge is 0.152 e. The third kappa shape index (κ3) is 2.99. The molecule has 0 saturated heterocycles. The molecule has 2 rings (SSSR count). The number of benzene rings is 1. The molecule has 1 saturated carbocycles. The molecular weight excluding hydrogens is 257 g/mol. The molecule has 4 heteroatoms. The van der Waals surface area contributed by atoms with Crippen LogP contribution >= 0.6 is 23.2 Å². The predicted octanol–water partition coefficient (Wildman–Crippen LogP) is 4.69. The van der Waals surface area contributed by atoms with Crippen LogP contribution in [0.15, 0.2) is 12.1 Å². The van der Waals surface area contributed by atoms with E-state index in [-0.39, 0.29) is 5.75 Å². The van der Waals surface area contributed by atoms with Crippen molar-refractivity contribution in [2.24, 2.45) is 5.92 Å². The Kier molecular flexibility index (Phi) is 4.05. The molecule has 0 heterocycles. The van der Waals surface area contributed by atoms with Crippen LogP contribution in [0.1, 0.15) is 32.6 Å². The fourth-order valence-corrected chi connectivity index (χ4v) is 2.88. The van der Waals surface area contributed by atoms with Crippen molar-refractivity contribution in [1.82, 2.24) is 0 Å². The molecule has 2 atom stereocenters. The average molecular weight is 274 g/mol. The van der Waals surface area contributed by atoms with Crippen molar-refractivity contribution in [2.75, 3.05) is 5.32 Å². The van der Waals surface area contributed by atoms with Gasteiger partial charge in [0.05, 0.1) is 10.0 Å². The third-order valence-electron chi connectivity index (χ3n) is 3.48. The van der Waals surface area contributed by atoms with Crippen molar-refractivity contribution in [3.05, 3.63) is 22.2 Å². The molecule has 2 nitrogen and oxygen atoms in total. The van der Waals surface area contributed by atoms with Gasteiger partial charge in [0.25, 0.3) is 0 Å². The molecule has 1 aromatic rings. The van der Waals surface area contributed by atoms with Gasteiger partial charge < -0.3 is 10.4 Å². The highest BCUT2D eigenvalue weighted by Crippen LogP contribution is 2.36. The lowest BCUT2D eigenvalue weighted by Crippen LogP contribution is -2.30. The maximum Gasteiger partial charge on any atom is 0.152 e. The summed E-state index contributed by atoms with van der Waals surface area (Å²) in [5, 5.41) is 13.5. The number of halogens is 2. The number of anilines is 1. The van der Waals surface area contributed by atoms with Crippen molar-refractivity contribution in [2.45, 2.75) is 38.6 Å². The molecule has 17 heavy (non-hydrogen) atoms. The van der Waals surface area contributed by atoms with Crippen LogP contribution in [0.5, 0.6) is 5.75 Å². The molecular formula is C13H17Cl2NO. The molecule has 0 aromatic heterocycles. The molecule has 0 bridgehead atoms. The van der Waals surface area contributed by atoms with Gasteiger partial charge in [-0.3, -0.25) is 0 Å². The first-order chi connectivity index (χ1) is 8.08. The topological polar surface area (TPSA) is 32.3 Å². The SMILES string of the molecule is CC1CCCCC1Nc1cc(Cl)c(O)c(Cl)c1. The molecule has 2 N–H and O–H groups in total. The minimum atomic E-state index is -0.0458. The number of hydrogen-bond acceptors (Lipinski definition) is 2. The van der Waals surface area contributed by atoms with Gasteiger partial charge in [-0.15, -0.1) is 0 Å². The summed E-state index contributed by atoms with van der Waals surface area (Å²) >= 11 is 11.8. The van der Waals surface area contributed by atoms with Crippen LogP contribution in [-0.2, 0) is 0 Å². The maximum absolute atomic E-state index is 9.50. The second-order valence-corrected chi connectivity index (χ2v) is 5.62. The highest BCUT2D eigenvalue weighted by Gasteiger charge is 2.21. The summed E-state index contributed by atoms with van der Waals surface area (Å²) in [4.78, 5) is 0. The first kappa shape index (κ1) is 12.8. The van der Waals surface area contributed by atoms with Gasteiger partial charge in [0, 0.05) is 11.7 Å². The fraction of sp³-hybridized carbons (Fsp3) is 0.538. The zero-order chi connectivity index (χ0) is 12.4. The molecule has 1 aliphatic carbocycles. The van der Waals surface area contributed by atoms with Gasteiger partial charge in [-0.1, -0.05) is 43.0 Å². The van der Waals surface area contributed by atoms with Crippen LogP contribution in [0.2, 0.25) is 10.0 Å². The van der Waals surface area contributed by atoms with E-state index >= 15 is 0 Å². The zero-order valence-corrected chi connectivity index (χ0v) is 11.4. The normalized spacial score (nSPS) is 24.6. The summed E-state index contributed by atoms with van der Waals surface area (Å²) in [6.45, 7) is 2.26. The minimum Gasteiger partial charge on any atom is -0.505 e. The number of rotatable bonds is 2. The Morgan fingerprint density at radius 2 is 1.76 bits per heavy atom. The van der Waals surface area contributed by atoms with Crippen molar-refractivity contribution in [3.8, 4) is 5.75 Å². The second-order valence-electron chi connectivity index (χ2n) is 4.80. The molecule has 0 aliphatic heterocycles. The van der Waals surface area contributed by atoms with E-state index in [1.807, 2.05) is 0 Å². The number of phenolic OH excluding ortho intramolecular Hbond substituents is 1. The monoisotopic (exact) mass is 273 g/mol. The molecule has 94 valence electrons. The van der Waals surface area contributed by atoms with Gasteiger partial charge in [-0.25, -0.2) is 0 Å². The summed E-state index contributed by atoms with van der Waals surface area (Å²) in [6.07, 6.45) is 5.02. The van der Waals surface area contributed by atoms with Crippen LogP contribution < -0.4 is 5.32 Å². The Morgan fingerprint density at radius 3 is 2.35 bits per heavy atom. The first-order valence-corrected chi connectivity index (χ1v) is 6.78. The molecule has 1 aliphatic rings. The van der Waals surface area contributed by atoms with Crippen LogP contribution in [0.25, 0.3) is 0 Å². The van der Waals surface area contributed by atoms with Crippen molar-refractivity contribution in [3.63, 3.8) is 0 Å². The van der Waals surface area contributed by atoms with Gasteiger partial charge in [-0.05, 0) is 30.9 Å². The lowest BCUT2D eigenvalue weighted by molar-refractivity contribution is 0.349. The van der Waals surface area contributed by atoms with E-state index in [9.17, 15) is 5.11 Å². The van der Waals surface area contributed by atoms with Crippen LogP contribution in [-0.4, -0.2) is 11.1 Å². The van der Waals surface area contributed by atoms with Gasteiger partial charge in [0.1, 0.15) is 0 Å². The number of phenols is 1. The van der Waals surface area contributed by atoms with E-state index in [0.29, 0.717) is 22.0 Å². The third-order valence-corrected chi connectivity index (χ3v) is 4.06. The van der Waals surface area contributed by atoms with Gasteiger partial charge in [0.2, 0.25) is 0 Å². The Labute approximate surface area is 112 Å². The number of nitrogens with one attached hydrogen (secondary N) is 1. The summed E-state index contributed by atoms with van der Waals surface area (Å²) in [5.74, 6) is 0.616. The van der Waals surface area contributed by atoms with Crippen LogP contribution in [0.3, 0.4) is 0 Å². The molecule has 0 amide bonds. The Balaban J connectivity index is 2.12. The van der Waals surface area contributed by atoms with Gasteiger partial charge >= 0.3 is 0 Å². The largest absolute Gasteiger partial charge is 0.505 e. The minimum absolute atomic E-state index is 0.0458. The molecule has 0 spiro atoms. The zero-order valence-electron chi connectivity index (χ0n) is 9.84. The summed E-state index contributed by atoms with van der Waals surface area (Å²) in [5.41, 5.74) is 0.886. The molecule has 0 radical (unpaired) electrons. The van der Waals surface area contributed by atoms with E-state index in [1.54, 1.807) is 12.1 Å². The average Bonchev–Trinajstić information content (AvgIpc) is 2.29. The quantitative estimate of drug-likeness (QED) is 0.767.